The number of benzene rings is 1. The van der Waals surface area contributed by atoms with Gasteiger partial charge in [0.2, 0.25) is 0 Å². The van der Waals surface area contributed by atoms with Crippen molar-refractivity contribution in [3.8, 4) is 0 Å². The first-order valence-electron chi connectivity index (χ1n) is 4.03. The third kappa shape index (κ3) is 1.82. The zero-order valence-electron chi connectivity index (χ0n) is 7.38. The Morgan fingerprint density at radius 3 is 2.33 bits per heavy atom. The molecule has 62 valence electrons. The lowest BCUT2D eigenvalue weighted by atomic mass is 10.1. The smallest absolute Gasteiger partial charge is 0.0622 e. The summed E-state index contributed by atoms with van der Waals surface area (Å²) in [7, 11) is 0. The number of hydrogen-bond acceptors (Lipinski definition) is 1. The summed E-state index contributed by atoms with van der Waals surface area (Å²) >= 11 is 0. The molecule has 0 unspecified atom stereocenters. The molecule has 12 heavy (non-hydrogen) atoms. The standard InChI is InChI=1S/C11H13N/c1-4-9(2)10-5-7-11(12-3)8-6-10/h5-8H,2-4H2,1H3. The molecule has 1 heteroatoms. The van der Waals surface area contributed by atoms with Crippen molar-refractivity contribution >= 4 is 18.0 Å². The fraction of sp³-hybridized carbons (Fsp3) is 0.182. The maximum atomic E-state index is 3.95. The number of aliphatic imine (C=N–C) groups is 1. The largest absolute Gasteiger partial charge is 0.265 e. The van der Waals surface area contributed by atoms with Crippen molar-refractivity contribution in [1.82, 2.24) is 0 Å². The average Bonchev–Trinajstić information content (AvgIpc) is 2.17. The topological polar surface area (TPSA) is 12.4 Å². The molecule has 0 amide bonds. The Hall–Kier alpha value is -1.37. The van der Waals surface area contributed by atoms with Crippen LogP contribution < -0.4 is 0 Å². The predicted molar refractivity (Wildman–Crippen MR) is 55.0 cm³/mol. The molecule has 0 N–H and O–H groups in total. The second-order valence-corrected chi connectivity index (χ2v) is 2.66. The monoisotopic (exact) mass is 159 g/mol. The van der Waals surface area contributed by atoms with E-state index in [2.05, 4.69) is 25.2 Å². The Bertz CT molecular complexity index is 282. The summed E-state index contributed by atoms with van der Waals surface area (Å²) in [5.41, 5.74) is 3.25. The molecule has 1 rings (SSSR count). The average molecular weight is 159 g/mol. The lowest BCUT2D eigenvalue weighted by Gasteiger charge is -2.01. The first-order chi connectivity index (χ1) is 5.77. The zero-order chi connectivity index (χ0) is 8.97. The van der Waals surface area contributed by atoms with E-state index in [0.717, 1.165) is 17.7 Å². The van der Waals surface area contributed by atoms with Gasteiger partial charge >= 0.3 is 0 Å². The molecule has 1 aromatic rings. The van der Waals surface area contributed by atoms with E-state index in [1.807, 2.05) is 24.3 Å². The van der Waals surface area contributed by atoms with Gasteiger partial charge in [-0.05, 0) is 36.4 Å². The van der Waals surface area contributed by atoms with E-state index in [1.54, 1.807) is 0 Å². The minimum Gasteiger partial charge on any atom is -0.265 e. The summed E-state index contributed by atoms with van der Waals surface area (Å²) < 4.78 is 0. The fourth-order valence-electron chi connectivity index (χ4n) is 1.01. The van der Waals surface area contributed by atoms with Crippen LogP contribution in [0.1, 0.15) is 18.9 Å². The number of nitrogens with zero attached hydrogens (tertiary/aromatic N) is 1. The summed E-state index contributed by atoms with van der Waals surface area (Å²) in [4.78, 5) is 3.82. The van der Waals surface area contributed by atoms with E-state index < -0.39 is 0 Å². The van der Waals surface area contributed by atoms with Gasteiger partial charge in [0.1, 0.15) is 0 Å². The second-order valence-electron chi connectivity index (χ2n) is 2.66. The maximum Gasteiger partial charge on any atom is 0.0622 e. The lowest BCUT2D eigenvalue weighted by molar-refractivity contribution is 1.24. The first kappa shape index (κ1) is 8.72. The van der Waals surface area contributed by atoms with Crippen molar-refractivity contribution < 1.29 is 0 Å². The van der Waals surface area contributed by atoms with Crippen LogP contribution in [0.15, 0.2) is 35.8 Å². The van der Waals surface area contributed by atoms with Crippen LogP contribution >= 0.6 is 0 Å². The highest BCUT2D eigenvalue weighted by molar-refractivity contribution is 5.64. The van der Waals surface area contributed by atoms with Crippen LogP contribution in [-0.2, 0) is 0 Å². The van der Waals surface area contributed by atoms with Crippen LogP contribution in [-0.4, -0.2) is 6.72 Å². The van der Waals surface area contributed by atoms with E-state index in [0.29, 0.717) is 0 Å². The Labute approximate surface area is 73.5 Å². The molecule has 0 saturated carbocycles. The summed E-state index contributed by atoms with van der Waals surface area (Å²) in [6.07, 6.45) is 0.987. The van der Waals surface area contributed by atoms with Gasteiger partial charge in [-0.2, -0.15) is 0 Å². The highest BCUT2D eigenvalue weighted by Crippen LogP contribution is 2.19. The van der Waals surface area contributed by atoms with Crippen molar-refractivity contribution in [3.05, 3.63) is 36.4 Å². The second kappa shape index (κ2) is 3.86. The van der Waals surface area contributed by atoms with Gasteiger partial charge in [-0.1, -0.05) is 25.6 Å². The van der Waals surface area contributed by atoms with Gasteiger partial charge in [-0.15, -0.1) is 0 Å². The Kier molecular flexibility index (Phi) is 2.81. The summed E-state index contributed by atoms with van der Waals surface area (Å²) in [6.45, 7) is 9.51. The molecule has 0 bridgehead atoms. The summed E-state index contributed by atoms with van der Waals surface area (Å²) in [6, 6.07) is 7.94. The van der Waals surface area contributed by atoms with Crippen LogP contribution in [0.2, 0.25) is 0 Å². The minimum atomic E-state index is 0.905. The Morgan fingerprint density at radius 1 is 1.33 bits per heavy atom. The minimum absolute atomic E-state index is 0.905. The molecule has 0 aromatic heterocycles. The van der Waals surface area contributed by atoms with Gasteiger partial charge in [0, 0.05) is 0 Å². The third-order valence-electron chi connectivity index (χ3n) is 1.88. The van der Waals surface area contributed by atoms with E-state index in [9.17, 15) is 0 Å². The van der Waals surface area contributed by atoms with Gasteiger partial charge in [0.25, 0.3) is 0 Å². The van der Waals surface area contributed by atoms with Crippen LogP contribution in [0.5, 0.6) is 0 Å². The number of rotatable bonds is 3. The molecule has 0 heterocycles. The van der Waals surface area contributed by atoms with Crippen LogP contribution in [0.25, 0.3) is 5.57 Å². The molecule has 0 aliphatic rings. The normalized spacial score (nSPS) is 9.42. The quantitative estimate of drug-likeness (QED) is 0.599. The molecule has 0 aliphatic carbocycles. The predicted octanol–water partition coefficient (Wildman–Crippen LogP) is 3.44. The molecule has 0 aliphatic heterocycles. The third-order valence-corrected chi connectivity index (χ3v) is 1.88. The molecule has 0 radical (unpaired) electrons. The number of allylic oxidation sites excluding steroid dienone is 1. The van der Waals surface area contributed by atoms with Crippen molar-refractivity contribution in [2.75, 3.05) is 0 Å². The highest BCUT2D eigenvalue weighted by atomic mass is 14.7. The van der Waals surface area contributed by atoms with Crippen LogP contribution in [0.4, 0.5) is 5.69 Å². The molecule has 1 aromatic carbocycles. The van der Waals surface area contributed by atoms with Crippen molar-refractivity contribution in [2.24, 2.45) is 4.99 Å². The summed E-state index contributed by atoms with van der Waals surface area (Å²) in [5.74, 6) is 0. The molecule has 0 fully saturated rings. The van der Waals surface area contributed by atoms with Crippen LogP contribution in [0, 0.1) is 0 Å². The Morgan fingerprint density at radius 2 is 1.92 bits per heavy atom. The molecular formula is C11H13N. The van der Waals surface area contributed by atoms with Crippen molar-refractivity contribution in [1.29, 1.82) is 0 Å². The number of hydrogen-bond donors (Lipinski definition) is 0. The maximum absolute atomic E-state index is 3.95. The van der Waals surface area contributed by atoms with Gasteiger partial charge in [-0.3, -0.25) is 4.99 Å². The van der Waals surface area contributed by atoms with E-state index in [-0.39, 0.29) is 0 Å². The summed E-state index contributed by atoms with van der Waals surface area (Å²) in [5, 5.41) is 0. The van der Waals surface area contributed by atoms with Gasteiger partial charge < -0.3 is 0 Å². The van der Waals surface area contributed by atoms with Gasteiger partial charge in [0.05, 0.1) is 5.69 Å². The molecular weight excluding hydrogens is 146 g/mol. The van der Waals surface area contributed by atoms with Crippen LogP contribution in [0.3, 0.4) is 0 Å². The SMILES string of the molecule is C=Nc1ccc(C(=C)CC)cc1. The zero-order valence-corrected chi connectivity index (χ0v) is 7.38. The van der Waals surface area contributed by atoms with Crippen molar-refractivity contribution in [3.63, 3.8) is 0 Å². The molecule has 0 atom stereocenters. The molecule has 0 spiro atoms. The fourth-order valence-corrected chi connectivity index (χ4v) is 1.01. The van der Waals surface area contributed by atoms with Gasteiger partial charge in [-0.25, -0.2) is 0 Å². The lowest BCUT2D eigenvalue weighted by Crippen LogP contribution is -1.78. The first-order valence-corrected chi connectivity index (χ1v) is 4.03. The van der Waals surface area contributed by atoms with E-state index in [1.165, 1.54) is 5.56 Å². The molecule has 0 saturated heterocycles. The molecule has 1 nitrogen and oxygen atoms in total. The van der Waals surface area contributed by atoms with Gasteiger partial charge in [0.15, 0.2) is 0 Å². The highest BCUT2D eigenvalue weighted by Gasteiger charge is 1.94. The van der Waals surface area contributed by atoms with Crippen molar-refractivity contribution in [2.45, 2.75) is 13.3 Å². The Balaban J connectivity index is 2.91. The van der Waals surface area contributed by atoms with E-state index >= 15 is 0 Å². The van der Waals surface area contributed by atoms with E-state index in [4.69, 9.17) is 0 Å².